The molecule has 0 aliphatic carbocycles. The van der Waals surface area contributed by atoms with Gasteiger partial charge in [-0.25, -0.2) is 22.5 Å². The third kappa shape index (κ3) is 6.45. The van der Waals surface area contributed by atoms with Crippen molar-refractivity contribution in [3.63, 3.8) is 0 Å². The smallest absolute Gasteiger partial charge is 0.459 e. The Morgan fingerprint density at radius 2 is 1.86 bits per heavy atom. The average Bonchev–Trinajstić information content (AvgIpc) is 3.18. The Morgan fingerprint density at radius 1 is 1.17 bits per heavy atom. The quantitative estimate of drug-likeness (QED) is 0.216. The molecule has 1 aliphatic rings. The molecule has 4 rings (SSSR count). The van der Waals surface area contributed by atoms with Crippen LogP contribution in [0.2, 0.25) is 0 Å². The Labute approximate surface area is 236 Å². The number of aromatic amines is 1. The molecule has 2 aromatic carbocycles. The van der Waals surface area contributed by atoms with E-state index in [-0.39, 0.29) is 5.75 Å². The van der Waals surface area contributed by atoms with Gasteiger partial charge < -0.3 is 19.1 Å². The number of hydrogen-bond donors (Lipinski definition) is 3. The van der Waals surface area contributed by atoms with Gasteiger partial charge in [0.2, 0.25) is 0 Å². The molecule has 12 nitrogen and oxygen atoms in total. The standard InChI is InChI=1S/C26H29F3N3O9P/c1-14(2)39-23(35)15(3)31-42(37,41-18-10-6-8-16-7-4-5-9-17(16)18)38-13-26(24(28)29)21(27)20(34)22(40-26)32-12-11-19(33)30-25(32)36/h4-12,14-15,20-22,24,34H,13H2,1-3H3,(H,31,37)(H,30,33,36)/t15-,20+,21+,22+,26+,42?/m0/s1. The molecule has 2 heterocycles. The molecule has 0 amide bonds. The van der Waals surface area contributed by atoms with Gasteiger partial charge in [0, 0.05) is 17.6 Å². The first kappa shape index (κ1) is 31.4. The van der Waals surface area contributed by atoms with Crippen LogP contribution in [-0.4, -0.2) is 63.7 Å². The summed E-state index contributed by atoms with van der Waals surface area (Å²) in [6, 6.07) is 11.0. The Hall–Kier alpha value is -3.49. The fraction of sp³-hybridized carbons (Fsp3) is 0.423. The van der Waals surface area contributed by atoms with Gasteiger partial charge in [-0.3, -0.25) is 23.7 Å². The fourth-order valence-electron chi connectivity index (χ4n) is 4.30. The van der Waals surface area contributed by atoms with Crippen molar-refractivity contribution in [3.05, 3.63) is 75.6 Å². The SMILES string of the molecule is CC(C)OC(=O)[C@H](C)NP(=O)(OC[C@@]1(C(F)F)O[C@@H](n2ccc(=O)[nH]c2=O)[C@H](O)[C@H]1F)Oc1cccc2ccccc12. The normalized spacial score (nSPS) is 24.5. The van der Waals surface area contributed by atoms with Crippen LogP contribution in [0.4, 0.5) is 13.2 Å². The predicted octanol–water partition coefficient (Wildman–Crippen LogP) is 3.05. The maximum absolute atomic E-state index is 15.4. The van der Waals surface area contributed by atoms with Gasteiger partial charge in [-0.1, -0.05) is 36.4 Å². The van der Waals surface area contributed by atoms with Crippen LogP contribution in [0.25, 0.3) is 10.8 Å². The summed E-state index contributed by atoms with van der Waals surface area (Å²) in [6.45, 7) is 2.96. The number of benzene rings is 2. The molecule has 0 bridgehead atoms. The van der Waals surface area contributed by atoms with E-state index in [0.717, 1.165) is 12.3 Å². The fourth-order valence-corrected chi connectivity index (χ4v) is 5.84. The van der Waals surface area contributed by atoms with Crippen molar-refractivity contribution >= 4 is 24.5 Å². The van der Waals surface area contributed by atoms with Gasteiger partial charge in [-0.2, -0.15) is 5.09 Å². The van der Waals surface area contributed by atoms with Crippen LogP contribution in [0.3, 0.4) is 0 Å². The Morgan fingerprint density at radius 3 is 2.52 bits per heavy atom. The Balaban J connectivity index is 1.68. The number of hydrogen-bond acceptors (Lipinski definition) is 9. The number of nitrogens with one attached hydrogen (secondary N) is 2. The highest BCUT2D eigenvalue weighted by atomic mass is 31.2. The van der Waals surface area contributed by atoms with Crippen molar-refractivity contribution < 1.29 is 46.2 Å². The topological polar surface area (TPSA) is 158 Å². The predicted molar refractivity (Wildman–Crippen MR) is 143 cm³/mol. The van der Waals surface area contributed by atoms with E-state index < -0.39 is 74.2 Å². The lowest BCUT2D eigenvalue weighted by Crippen LogP contribution is -2.51. The molecule has 3 aromatic rings. The van der Waals surface area contributed by atoms with Crippen molar-refractivity contribution in [2.45, 2.75) is 63.4 Å². The zero-order valence-electron chi connectivity index (χ0n) is 22.6. The number of aliphatic hydroxyl groups is 1. The number of halogens is 3. The second-order valence-corrected chi connectivity index (χ2v) is 11.5. The molecule has 0 spiro atoms. The number of rotatable bonds is 11. The van der Waals surface area contributed by atoms with E-state index in [9.17, 15) is 32.8 Å². The summed E-state index contributed by atoms with van der Waals surface area (Å²) in [5, 5.41) is 13.9. The van der Waals surface area contributed by atoms with Crippen molar-refractivity contribution in [1.29, 1.82) is 0 Å². The molecule has 0 radical (unpaired) electrons. The minimum Gasteiger partial charge on any atom is -0.462 e. The van der Waals surface area contributed by atoms with Crippen LogP contribution in [0.5, 0.6) is 5.75 Å². The van der Waals surface area contributed by atoms with Crippen LogP contribution in [0.15, 0.2) is 64.3 Å². The van der Waals surface area contributed by atoms with E-state index in [1.165, 1.54) is 13.0 Å². The van der Waals surface area contributed by atoms with Crippen molar-refractivity contribution in [3.8, 4) is 5.75 Å². The molecule has 1 aliphatic heterocycles. The van der Waals surface area contributed by atoms with Gasteiger partial charge in [0.15, 0.2) is 18.0 Å². The maximum atomic E-state index is 15.4. The van der Waals surface area contributed by atoms with Gasteiger partial charge >= 0.3 is 19.4 Å². The van der Waals surface area contributed by atoms with Gasteiger partial charge in [0.25, 0.3) is 12.0 Å². The number of esters is 1. The number of nitrogens with zero attached hydrogens (tertiary/aromatic N) is 1. The van der Waals surface area contributed by atoms with Crippen molar-refractivity contribution in [2.75, 3.05) is 6.61 Å². The number of carbonyl (C=O) groups is 1. The first-order valence-corrected chi connectivity index (χ1v) is 14.3. The summed E-state index contributed by atoms with van der Waals surface area (Å²) >= 11 is 0. The van der Waals surface area contributed by atoms with E-state index in [1.807, 2.05) is 4.98 Å². The maximum Gasteiger partial charge on any atom is 0.459 e. The van der Waals surface area contributed by atoms with Crippen LogP contribution >= 0.6 is 7.75 Å². The molecule has 1 fully saturated rings. The Bertz CT molecular complexity index is 1590. The number of aromatic nitrogens is 2. The van der Waals surface area contributed by atoms with Crippen LogP contribution < -0.4 is 20.9 Å². The van der Waals surface area contributed by atoms with Crippen LogP contribution in [0, 0.1) is 0 Å². The van der Waals surface area contributed by atoms with Crippen molar-refractivity contribution in [2.24, 2.45) is 0 Å². The molecule has 16 heteroatoms. The van der Waals surface area contributed by atoms with Gasteiger partial charge in [-0.05, 0) is 32.2 Å². The molecule has 42 heavy (non-hydrogen) atoms. The summed E-state index contributed by atoms with van der Waals surface area (Å²) in [4.78, 5) is 37.9. The second kappa shape index (κ2) is 12.4. The van der Waals surface area contributed by atoms with E-state index in [1.54, 1.807) is 50.2 Å². The molecular formula is C26H29F3N3O9P. The molecule has 1 saturated heterocycles. The zero-order valence-corrected chi connectivity index (χ0v) is 23.5. The highest BCUT2D eigenvalue weighted by Crippen LogP contribution is 2.50. The average molecular weight is 615 g/mol. The molecule has 228 valence electrons. The molecular weight excluding hydrogens is 586 g/mol. The van der Waals surface area contributed by atoms with Gasteiger partial charge in [0.1, 0.15) is 17.9 Å². The van der Waals surface area contributed by atoms with Crippen LogP contribution in [-0.2, 0) is 23.4 Å². The number of ether oxygens (including phenoxy) is 2. The molecule has 3 N–H and O–H groups in total. The van der Waals surface area contributed by atoms with E-state index in [4.69, 9.17) is 18.5 Å². The number of alkyl halides is 3. The summed E-state index contributed by atoms with van der Waals surface area (Å²) in [6.07, 6.45) is -10.6. The third-order valence-electron chi connectivity index (χ3n) is 6.38. The van der Waals surface area contributed by atoms with E-state index in [2.05, 4.69) is 5.09 Å². The minimum atomic E-state index is -4.82. The summed E-state index contributed by atoms with van der Waals surface area (Å²) in [5.74, 6) is -0.881. The number of fused-ring (bicyclic) bond motifs is 1. The molecule has 1 unspecified atom stereocenters. The molecule has 0 saturated carbocycles. The number of H-pyrrole nitrogens is 1. The second-order valence-electron chi connectivity index (χ2n) is 9.85. The van der Waals surface area contributed by atoms with Gasteiger partial charge in [0.05, 0.1) is 12.7 Å². The minimum absolute atomic E-state index is 0.0127. The monoisotopic (exact) mass is 615 g/mol. The first-order chi connectivity index (χ1) is 19.8. The number of carbonyl (C=O) groups excluding carboxylic acids is 1. The van der Waals surface area contributed by atoms with E-state index >= 15 is 4.39 Å². The lowest BCUT2D eigenvalue weighted by molar-refractivity contribution is -0.183. The molecule has 1 aromatic heterocycles. The largest absolute Gasteiger partial charge is 0.462 e. The lowest BCUT2D eigenvalue weighted by atomic mass is 9.98. The highest BCUT2D eigenvalue weighted by Gasteiger charge is 2.63. The zero-order chi connectivity index (χ0) is 30.8. The van der Waals surface area contributed by atoms with Crippen LogP contribution in [0.1, 0.15) is 27.0 Å². The van der Waals surface area contributed by atoms with Gasteiger partial charge in [-0.15, -0.1) is 0 Å². The number of aliphatic hydroxyl groups excluding tert-OH is 1. The first-order valence-electron chi connectivity index (χ1n) is 12.8. The Kier molecular flexibility index (Phi) is 9.28. The summed E-state index contributed by atoms with van der Waals surface area (Å²) in [5.41, 5.74) is -5.23. The highest BCUT2D eigenvalue weighted by molar-refractivity contribution is 7.52. The summed E-state index contributed by atoms with van der Waals surface area (Å²) < 4.78 is 80.3. The molecule has 6 atom stereocenters. The van der Waals surface area contributed by atoms with E-state index in [0.29, 0.717) is 15.3 Å². The lowest BCUT2D eigenvalue weighted by Gasteiger charge is -2.32. The van der Waals surface area contributed by atoms with Crippen molar-refractivity contribution in [1.82, 2.24) is 14.6 Å². The summed E-state index contributed by atoms with van der Waals surface area (Å²) in [7, 11) is -4.82. The third-order valence-corrected chi connectivity index (χ3v) is 7.99.